The van der Waals surface area contributed by atoms with Crippen LogP contribution in [0.2, 0.25) is 0 Å². The summed E-state index contributed by atoms with van der Waals surface area (Å²) in [5.74, 6) is 2.09. The molecule has 0 radical (unpaired) electrons. The fourth-order valence-corrected chi connectivity index (χ4v) is 4.59. The minimum Gasteiger partial charge on any atom is -0.494 e. The number of methoxy groups -OCH3 is 3. The lowest BCUT2D eigenvalue weighted by Crippen LogP contribution is -2.48. The smallest absolute Gasteiger partial charge is 0.246 e. The van der Waals surface area contributed by atoms with Gasteiger partial charge in [-0.1, -0.05) is 23.5 Å². The van der Waals surface area contributed by atoms with Crippen LogP contribution in [0.5, 0.6) is 17.2 Å². The van der Waals surface area contributed by atoms with Gasteiger partial charge in [0.1, 0.15) is 11.3 Å². The molecule has 7 nitrogen and oxygen atoms in total. The second kappa shape index (κ2) is 9.26. The Morgan fingerprint density at radius 1 is 0.968 bits per heavy atom. The molecular formula is C23H25N3O4S. The van der Waals surface area contributed by atoms with Gasteiger partial charge in [-0.25, -0.2) is 4.98 Å². The minimum absolute atomic E-state index is 0.000374. The number of thiazole rings is 1. The van der Waals surface area contributed by atoms with Crippen molar-refractivity contribution in [3.8, 4) is 17.2 Å². The molecule has 0 bridgehead atoms. The van der Waals surface area contributed by atoms with E-state index in [1.54, 1.807) is 44.8 Å². The molecular weight excluding hydrogens is 414 g/mol. The molecule has 0 unspecified atom stereocenters. The van der Waals surface area contributed by atoms with Gasteiger partial charge in [0.25, 0.3) is 0 Å². The van der Waals surface area contributed by atoms with Crippen molar-refractivity contribution in [3.05, 3.63) is 48.0 Å². The molecule has 1 amide bonds. The number of hydrogen-bond acceptors (Lipinski definition) is 7. The Kier molecular flexibility index (Phi) is 6.27. The van der Waals surface area contributed by atoms with Gasteiger partial charge in [-0.3, -0.25) is 4.79 Å². The van der Waals surface area contributed by atoms with Crippen LogP contribution >= 0.6 is 11.3 Å². The highest BCUT2D eigenvalue weighted by atomic mass is 32.1. The highest BCUT2D eigenvalue weighted by molar-refractivity contribution is 7.22. The monoisotopic (exact) mass is 439 g/mol. The molecule has 1 aliphatic rings. The van der Waals surface area contributed by atoms with E-state index in [0.29, 0.717) is 24.6 Å². The van der Waals surface area contributed by atoms with Crippen LogP contribution in [-0.4, -0.2) is 63.3 Å². The van der Waals surface area contributed by atoms with Gasteiger partial charge in [0.2, 0.25) is 5.91 Å². The molecule has 162 valence electrons. The lowest BCUT2D eigenvalue weighted by molar-refractivity contribution is -0.126. The molecule has 1 aromatic heterocycles. The average molecular weight is 440 g/mol. The molecule has 1 fully saturated rings. The fraction of sp³-hybridized carbons (Fsp3) is 0.304. The second-order valence-electron chi connectivity index (χ2n) is 7.06. The van der Waals surface area contributed by atoms with E-state index in [1.165, 1.54) is 0 Å². The van der Waals surface area contributed by atoms with E-state index in [9.17, 15) is 4.79 Å². The zero-order valence-corrected chi connectivity index (χ0v) is 18.6. The third-order valence-corrected chi connectivity index (χ3v) is 6.36. The van der Waals surface area contributed by atoms with Crippen molar-refractivity contribution in [3.63, 3.8) is 0 Å². The van der Waals surface area contributed by atoms with Crippen molar-refractivity contribution in [1.82, 2.24) is 9.88 Å². The number of anilines is 1. The van der Waals surface area contributed by atoms with Crippen molar-refractivity contribution in [2.24, 2.45) is 0 Å². The zero-order chi connectivity index (χ0) is 21.8. The number of hydrogen-bond donors (Lipinski definition) is 0. The van der Waals surface area contributed by atoms with Gasteiger partial charge < -0.3 is 24.0 Å². The van der Waals surface area contributed by atoms with E-state index in [4.69, 9.17) is 19.2 Å². The number of para-hydroxylation sites is 1. The Hall–Kier alpha value is -3.26. The molecule has 2 heterocycles. The van der Waals surface area contributed by atoms with E-state index in [1.807, 2.05) is 35.2 Å². The number of piperazine rings is 1. The summed E-state index contributed by atoms with van der Waals surface area (Å²) >= 11 is 1.65. The third-order valence-electron chi connectivity index (χ3n) is 5.28. The van der Waals surface area contributed by atoms with Crippen LogP contribution < -0.4 is 19.1 Å². The second-order valence-corrected chi connectivity index (χ2v) is 8.07. The maximum Gasteiger partial charge on any atom is 0.246 e. The van der Waals surface area contributed by atoms with Crippen LogP contribution in [0.1, 0.15) is 5.56 Å². The van der Waals surface area contributed by atoms with Gasteiger partial charge in [0.05, 0.1) is 26.0 Å². The predicted octanol–water partition coefficient (Wildman–Crippen LogP) is 3.68. The van der Waals surface area contributed by atoms with Crippen LogP contribution in [0.4, 0.5) is 5.13 Å². The average Bonchev–Trinajstić information content (AvgIpc) is 3.27. The highest BCUT2D eigenvalue weighted by Crippen LogP contribution is 2.34. The van der Waals surface area contributed by atoms with Crippen molar-refractivity contribution in [2.45, 2.75) is 0 Å². The van der Waals surface area contributed by atoms with Crippen LogP contribution in [0.3, 0.4) is 0 Å². The first-order valence-electron chi connectivity index (χ1n) is 10.0. The summed E-state index contributed by atoms with van der Waals surface area (Å²) < 4.78 is 17.1. The number of rotatable bonds is 6. The Morgan fingerprint density at radius 3 is 2.42 bits per heavy atom. The topological polar surface area (TPSA) is 64.1 Å². The molecule has 8 heteroatoms. The molecule has 2 aromatic carbocycles. The number of aromatic nitrogens is 1. The first-order chi connectivity index (χ1) is 15.1. The molecule has 0 spiro atoms. The summed E-state index contributed by atoms with van der Waals surface area (Å²) in [6.07, 6.45) is 3.41. The molecule has 31 heavy (non-hydrogen) atoms. The van der Waals surface area contributed by atoms with Crippen molar-refractivity contribution < 1.29 is 19.0 Å². The number of carbonyl (C=O) groups is 1. The van der Waals surface area contributed by atoms with Crippen LogP contribution in [-0.2, 0) is 4.79 Å². The number of fused-ring (bicyclic) bond motifs is 1. The Bertz CT molecular complexity index is 1100. The molecule has 0 atom stereocenters. The quantitative estimate of drug-likeness (QED) is 0.546. The minimum atomic E-state index is 0.000374. The van der Waals surface area contributed by atoms with Crippen molar-refractivity contribution in [2.75, 3.05) is 52.4 Å². The van der Waals surface area contributed by atoms with Crippen LogP contribution in [0.25, 0.3) is 16.3 Å². The Morgan fingerprint density at radius 2 is 1.71 bits per heavy atom. The normalized spacial score (nSPS) is 14.3. The zero-order valence-electron chi connectivity index (χ0n) is 17.8. The van der Waals surface area contributed by atoms with Crippen molar-refractivity contribution >= 4 is 38.7 Å². The first-order valence-corrected chi connectivity index (χ1v) is 10.8. The summed E-state index contributed by atoms with van der Waals surface area (Å²) in [6, 6.07) is 11.5. The third kappa shape index (κ3) is 4.44. The Balaban J connectivity index is 1.38. The summed E-state index contributed by atoms with van der Waals surface area (Å²) in [4.78, 5) is 21.5. The molecule has 0 N–H and O–H groups in total. The molecule has 1 aliphatic heterocycles. The number of carbonyl (C=O) groups excluding carboxylic acids is 1. The summed E-state index contributed by atoms with van der Waals surface area (Å²) in [7, 11) is 4.85. The van der Waals surface area contributed by atoms with Gasteiger partial charge in [-0.15, -0.1) is 0 Å². The van der Waals surface area contributed by atoms with Crippen LogP contribution in [0.15, 0.2) is 42.5 Å². The predicted molar refractivity (Wildman–Crippen MR) is 124 cm³/mol. The lowest BCUT2D eigenvalue weighted by Gasteiger charge is -2.34. The van der Waals surface area contributed by atoms with Gasteiger partial charge in [-0.2, -0.15) is 0 Å². The van der Waals surface area contributed by atoms with E-state index >= 15 is 0 Å². The first kappa shape index (κ1) is 21.0. The number of benzene rings is 2. The summed E-state index contributed by atoms with van der Waals surface area (Å²) in [6.45, 7) is 2.81. The maximum atomic E-state index is 12.7. The van der Waals surface area contributed by atoms with Crippen molar-refractivity contribution in [1.29, 1.82) is 0 Å². The standard InChI is InChI=1S/C23H25N3O4S/c1-28-17-9-7-16(15-19(17)30-3)8-10-21(27)25-11-13-26(14-12-25)23-24-22-18(29-2)5-4-6-20(22)31-23/h4-10,15H,11-14H2,1-3H3/b10-8-. The van der Waals surface area contributed by atoms with Gasteiger partial charge in [0.15, 0.2) is 16.6 Å². The SMILES string of the molecule is COc1ccc(/C=C\C(=O)N2CCN(c3nc4c(OC)cccc4s3)CC2)cc1OC. The molecule has 0 aliphatic carbocycles. The van der Waals surface area contributed by atoms with Crippen LogP contribution in [0, 0.1) is 0 Å². The van der Waals surface area contributed by atoms with E-state index in [0.717, 1.165) is 39.8 Å². The molecule has 1 saturated heterocycles. The molecule has 4 rings (SSSR count). The maximum absolute atomic E-state index is 12.7. The Labute approximate surface area is 185 Å². The van der Waals surface area contributed by atoms with Gasteiger partial charge in [-0.05, 0) is 35.9 Å². The highest BCUT2D eigenvalue weighted by Gasteiger charge is 2.22. The van der Waals surface area contributed by atoms with E-state index in [2.05, 4.69) is 11.0 Å². The lowest BCUT2D eigenvalue weighted by atomic mass is 10.2. The largest absolute Gasteiger partial charge is 0.494 e. The van der Waals surface area contributed by atoms with Gasteiger partial charge >= 0.3 is 0 Å². The molecule has 0 saturated carbocycles. The van der Waals surface area contributed by atoms with E-state index in [-0.39, 0.29) is 5.91 Å². The molecule has 3 aromatic rings. The fourth-order valence-electron chi connectivity index (χ4n) is 3.56. The van der Waals surface area contributed by atoms with E-state index < -0.39 is 0 Å². The number of nitrogens with zero attached hydrogens (tertiary/aromatic N) is 3. The summed E-state index contributed by atoms with van der Waals surface area (Å²) in [5, 5.41) is 0.965. The summed E-state index contributed by atoms with van der Waals surface area (Å²) in [5.41, 5.74) is 1.77. The number of amides is 1. The van der Waals surface area contributed by atoms with Gasteiger partial charge in [0, 0.05) is 32.3 Å². The number of ether oxygens (including phenoxy) is 3.